The second kappa shape index (κ2) is 6.72. The Morgan fingerprint density at radius 3 is 2.89 bits per heavy atom. The van der Waals surface area contributed by atoms with E-state index in [-0.39, 0.29) is 24.4 Å². The van der Waals surface area contributed by atoms with Gasteiger partial charge in [0.25, 0.3) is 0 Å². The van der Waals surface area contributed by atoms with Crippen LogP contribution in [0.25, 0.3) is 0 Å². The first-order chi connectivity index (χ1) is 9.22. The molecule has 104 valence electrons. The van der Waals surface area contributed by atoms with Gasteiger partial charge in [-0.1, -0.05) is 12.3 Å². The average Bonchev–Trinajstić information content (AvgIpc) is 2.83. The summed E-state index contributed by atoms with van der Waals surface area (Å²) < 4.78 is 0. The molecule has 0 radical (unpaired) electrons. The van der Waals surface area contributed by atoms with E-state index in [1.807, 2.05) is 0 Å². The van der Waals surface area contributed by atoms with Crippen LogP contribution in [0, 0.1) is 18.3 Å². The first-order valence-electron chi connectivity index (χ1n) is 7.19. The van der Waals surface area contributed by atoms with Gasteiger partial charge in [0.2, 0.25) is 5.91 Å². The molecule has 19 heavy (non-hydrogen) atoms. The van der Waals surface area contributed by atoms with Gasteiger partial charge in [-0.2, -0.15) is 0 Å². The molecule has 1 N–H and O–H groups in total. The largest absolute Gasteiger partial charge is 0.344 e. The highest BCUT2D eigenvalue weighted by Gasteiger charge is 2.37. The van der Waals surface area contributed by atoms with E-state index in [4.69, 9.17) is 6.42 Å². The zero-order valence-corrected chi connectivity index (χ0v) is 11.4. The predicted octanol–water partition coefficient (Wildman–Crippen LogP) is 0.959. The lowest BCUT2D eigenvalue weighted by Crippen LogP contribution is -2.49. The molecule has 1 aliphatic carbocycles. The molecule has 2 aliphatic rings. The number of likely N-dealkylation sites (tertiary alicyclic amines) is 1. The lowest BCUT2D eigenvalue weighted by molar-refractivity contribution is -0.127. The van der Waals surface area contributed by atoms with E-state index >= 15 is 0 Å². The van der Waals surface area contributed by atoms with Crippen LogP contribution in [0.4, 0.5) is 0 Å². The van der Waals surface area contributed by atoms with Crippen molar-refractivity contribution in [1.29, 1.82) is 0 Å². The first-order valence-corrected chi connectivity index (χ1v) is 7.19. The number of rotatable bonds is 4. The van der Waals surface area contributed by atoms with Crippen molar-refractivity contribution in [2.45, 2.75) is 44.6 Å². The fourth-order valence-corrected chi connectivity index (χ4v) is 3.31. The van der Waals surface area contributed by atoms with Crippen LogP contribution in [-0.4, -0.2) is 42.3 Å². The van der Waals surface area contributed by atoms with Crippen molar-refractivity contribution in [2.75, 3.05) is 19.6 Å². The Morgan fingerprint density at radius 2 is 2.21 bits per heavy atom. The molecule has 0 bridgehead atoms. The van der Waals surface area contributed by atoms with Crippen molar-refractivity contribution in [3.05, 3.63) is 0 Å². The molecule has 1 aliphatic heterocycles. The second-order valence-electron chi connectivity index (χ2n) is 5.48. The number of hydrogen-bond donors (Lipinski definition) is 1. The first kappa shape index (κ1) is 14.1. The highest BCUT2D eigenvalue weighted by atomic mass is 16.2. The van der Waals surface area contributed by atoms with Crippen molar-refractivity contribution in [1.82, 2.24) is 10.2 Å². The Labute approximate surface area is 114 Å². The standard InChI is InChI=1S/C15H22N2O2/c1-2-9-16-15(19)11-17-10-4-3-7-13(17)12-6-5-8-14(12)18/h1,12-13H,3-11H2,(H,16,19). The Hall–Kier alpha value is -1.34. The van der Waals surface area contributed by atoms with Gasteiger partial charge in [-0.15, -0.1) is 6.42 Å². The van der Waals surface area contributed by atoms with Crippen LogP contribution in [-0.2, 0) is 9.59 Å². The molecule has 0 aromatic carbocycles. The van der Waals surface area contributed by atoms with Crippen LogP contribution < -0.4 is 5.32 Å². The topological polar surface area (TPSA) is 49.4 Å². The molecule has 2 atom stereocenters. The Morgan fingerprint density at radius 1 is 1.37 bits per heavy atom. The highest BCUT2D eigenvalue weighted by molar-refractivity contribution is 5.84. The summed E-state index contributed by atoms with van der Waals surface area (Å²) in [4.78, 5) is 25.9. The molecule has 4 heteroatoms. The number of hydrogen-bond acceptors (Lipinski definition) is 3. The zero-order chi connectivity index (χ0) is 13.7. The summed E-state index contributed by atoms with van der Waals surface area (Å²) >= 11 is 0. The summed E-state index contributed by atoms with van der Waals surface area (Å²) in [6.07, 6.45) is 11.2. The summed E-state index contributed by atoms with van der Waals surface area (Å²) in [6.45, 7) is 1.56. The van der Waals surface area contributed by atoms with Gasteiger partial charge in [0.05, 0.1) is 13.1 Å². The van der Waals surface area contributed by atoms with Crippen molar-refractivity contribution in [3.8, 4) is 12.3 Å². The molecule has 1 heterocycles. The zero-order valence-electron chi connectivity index (χ0n) is 11.4. The van der Waals surface area contributed by atoms with Crippen molar-refractivity contribution in [2.24, 2.45) is 5.92 Å². The Bertz CT molecular complexity index is 386. The minimum atomic E-state index is -0.0321. The van der Waals surface area contributed by atoms with Crippen LogP contribution in [0.1, 0.15) is 38.5 Å². The van der Waals surface area contributed by atoms with Gasteiger partial charge in [-0.3, -0.25) is 14.5 Å². The van der Waals surface area contributed by atoms with Gasteiger partial charge < -0.3 is 5.32 Å². The Balaban J connectivity index is 1.94. The molecule has 2 rings (SSSR count). The molecule has 1 amide bonds. The third-order valence-corrected chi connectivity index (χ3v) is 4.21. The van der Waals surface area contributed by atoms with E-state index in [0.29, 0.717) is 12.3 Å². The average molecular weight is 262 g/mol. The summed E-state index contributed by atoms with van der Waals surface area (Å²) in [7, 11) is 0. The van der Waals surface area contributed by atoms with Crippen LogP contribution in [0.3, 0.4) is 0 Å². The monoisotopic (exact) mass is 262 g/mol. The van der Waals surface area contributed by atoms with Gasteiger partial charge >= 0.3 is 0 Å². The molecule has 1 saturated carbocycles. The van der Waals surface area contributed by atoms with E-state index in [1.165, 1.54) is 0 Å². The van der Waals surface area contributed by atoms with Crippen molar-refractivity contribution >= 4 is 11.7 Å². The maximum absolute atomic E-state index is 11.9. The lowest BCUT2D eigenvalue weighted by atomic mass is 9.88. The maximum atomic E-state index is 11.9. The van der Waals surface area contributed by atoms with Crippen LogP contribution in [0.2, 0.25) is 0 Å². The SMILES string of the molecule is C#CCNC(=O)CN1CCCCC1C1CCCC1=O. The number of nitrogens with zero attached hydrogens (tertiary/aromatic N) is 1. The molecule has 2 unspecified atom stereocenters. The minimum absolute atomic E-state index is 0.0321. The fraction of sp³-hybridized carbons (Fsp3) is 0.733. The third-order valence-electron chi connectivity index (χ3n) is 4.21. The molecule has 0 spiro atoms. The molecule has 0 aromatic heterocycles. The number of nitrogens with one attached hydrogen (secondary N) is 1. The molecule has 0 aromatic rings. The van der Waals surface area contributed by atoms with Crippen molar-refractivity contribution in [3.63, 3.8) is 0 Å². The summed E-state index contributed by atoms with van der Waals surface area (Å²) in [5, 5.41) is 2.70. The summed E-state index contributed by atoms with van der Waals surface area (Å²) in [5.41, 5.74) is 0. The number of terminal acetylenes is 1. The smallest absolute Gasteiger partial charge is 0.234 e. The van der Waals surface area contributed by atoms with Crippen LogP contribution in [0.15, 0.2) is 0 Å². The number of piperidine rings is 1. The van der Waals surface area contributed by atoms with Gasteiger partial charge in [-0.05, 0) is 32.2 Å². The predicted molar refractivity (Wildman–Crippen MR) is 73.4 cm³/mol. The summed E-state index contributed by atoms with van der Waals surface area (Å²) in [5.74, 6) is 2.92. The number of carbonyl (C=O) groups is 2. The molecule has 2 fully saturated rings. The van der Waals surface area contributed by atoms with Gasteiger partial charge in [0.15, 0.2) is 0 Å². The van der Waals surface area contributed by atoms with E-state index in [0.717, 1.165) is 45.1 Å². The molecule has 1 saturated heterocycles. The van der Waals surface area contributed by atoms with E-state index < -0.39 is 0 Å². The van der Waals surface area contributed by atoms with Gasteiger partial charge in [-0.25, -0.2) is 0 Å². The normalized spacial score (nSPS) is 28.1. The quantitative estimate of drug-likeness (QED) is 0.768. The van der Waals surface area contributed by atoms with Gasteiger partial charge in [0.1, 0.15) is 5.78 Å². The van der Waals surface area contributed by atoms with E-state index in [9.17, 15) is 9.59 Å². The van der Waals surface area contributed by atoms with Crippen LogP contribution in [0.5, 0.6) is 0 Å². The number of amides is 1. The second-order valence-corrected chi connectivity index (χ2v) is 5.48. The number of carbonyl (C=O) groups excluding carboxylic acids is 2. The third kappa shape index (κ3) is 3.57. The maximum Gasteiger partial charge on any atom is 0.234 e. The van der Waals surface area contributed by atoms with E-state index in [1.54, 1.807) is 0 Å². The molecular formula is C15H22N2O2. The highest BCUT2D eigenvalue weighted by Crippen LogP contribution is 2.32. The fourth-order valence-electron chi connectivity index (χ4n) is 3.31. The lowest BCUT2D eigenvalue weighted by Gasteiger charge is -2.38. The number of ketones is 1. The molecule has 4 nitrogen and oxygen atoms in total. The number of Topliss-reactive ketones (excluding diaryl/α,β-unsaturated/α-hetero) is 1. The van der Waals surface area contributed by atoms with Crippen LogP contribution >= 0.6 is 0 Å². The molecular weight excluding hydrogens is 240 g/mol. The minimum Gasteiger partial charge on any atom is -0.344 e. The van der Waals surface area contributed by atoms with Gasteiger partial charge in [0, 0.05) is 18.4 Å². The van der Waals surface area contributed by atoms with E-state index in [2.05, 4.69) is 16.1 Å². The van der Waals surface area contributed by atoms with Crippen molar-refractivity contribution < 1.29 is 9.59 Å². The summed E-state index contributed by atoms with van der Waals surface area (Å²) in [6, 6.07) is 0.264. The Kier molecular flexibility index (Phi) is 4.98.